The Hall–Kier alpha value is -0.690. The van der Waals surface area contributed by atoms with Crippen LogP contribution in [0.4, 0.5) is 0 Å². The van der Waals surface area contributed by atoms with Gasteiger partial charge in [0.05, 0.1) is 31.5 Å². The highest BCUT2D eigenvalue weighted by Crippen LogP contribution is 2.68. The van der Waals surface area contributed by atoms with Gasteiger partial charge in [-0.25, -0.2) is 0 Å². The Kier molecular flexibility index (Phi) is 6.26. The highest BCUT2D eigenvalue weighted by molar-refractivity contribution is 5.69. The number of carbonyl (C=O) groups is 1. The van der Waals surface area contributed by atoms with Gasteiger partial charge < -0.3 is 25.2 Å². The third kappa shape index (κ3) is 3.48. The Bertz CT molecular complexity index is 683. The van der Waals surface area contributed by atoms with Crippen molar-refractivity contribution >= 4 is 5.97 Å². The zero-order chi connectivity index (χ0) is 22.7. The molecule has 31 heavy (non-hydrogen) atoms. The van der Waals surface area contributed by atoms with Crippen LogP contribution in [0.3, 0.4) is 0 Å². The number of ether oxygens (including phenoxy) is 1. The lowest BCUT2D eigenvalue weighted by atomic mass is 9.42. The van der Waals surface area contributed by atoms with Crippen molar-refractivity contribution in [3.8, 4) is 0 Å². The second kappa shape index (κ2) is 8.27. The van der Waals surface area contributed by atoms with Gasteiger partial charge in [-0.3, -0.25) is 4.79 Å². The molecule has 178 valence electrons. The minimum Gasteiger partial charge on any atom is -0.469 e. The van der Waals surface area contributed by atoms with Gasteiger partial charge in [0.2, 0.25) is 0 Å². The van der Waals surface area contributed by atoms with E-state index in [2.05, 4.69) is 20.8 Å². The number of esters is 1. The van der Waals surface area contributed by atoms with E-state index in [0.717, 1.165) is 32.1 Å². The zero-order valence-electron chi connectivity index (χ0n) is 19.5. The molecule has 0 radical (unpaired) electrons. The minimum absolute atomic E-state index is 0.0299. The van der Waals surface area contributed by atoms with Gasteiger partial charge in [0.15, 0.2) is 0 Å². The number of methoxy groups -OCH3 is 1. The summed E-state index contributed by atoms with van der Waals surface area (Å²) in [5, 5.41) is 44.2. The molecule has 4 rings (SSSR count). The summed E-state index contributed by atoms with van der Waals surface area (Å²) in [7, 11) is 1.42. The second-order valence-corrected chi connectivity index (χ2v) is 11.7. The monoisotopic (exact) mass is 438 g/mol. The summed E-state index contributed by atoms with van der Waals surface area (Å²) in [6.45, 7) is 6.58. The van der Waals surface area contributed by atoms with E-state index in [1.54, 1.807) is 0 Å². The third-order valence-electron chi connectivity index (χ3n) is 10.6. The molecule has 6 nitrogen and oxygen atoms in total. The number of aliphatic hydroxyl groups is 4. The summed E-state index contributed by atoms with van der Waals surface area (Å²) in [4.78, 5) is 11.7. The van der Waals surface area contributed by atoms with Crippen LogP contribution < -0.4 is 0 Å². The van der Waals surface area contributed by atoms with Crippen molar-refractivity contribution in [2.24, 2.45) is 46.3 Å². The van der Waals surface area contributed by atoms with Crippen molar-refractivity contribution in [3.63, 3.8) is 0 Å². The maximum atomic E-state index is 11.7. The van der Waals surface area contributed by atoms with Gasteiger partial charge in [-0.2, -0.15) is 0 Å². The van der Waals surface area contributed by atoms with Gasteiger partial charge in [0, 0.05) is 6.42 Å². The minimum atomic E-state index is -0.823. The fourth-order valence-corrected chi connectivity index (χ4v) is 8.82. The summed E-state index contributed by atoms with van der Waals surface area (Å²) in [5.41, 5.74) is -0.492. The number of rotatable bonds is 4. The molecule has 0 aliphatic heterocycles. The first kappa shape index (κ1) is 23.5. The van der Waals surface area contributed by atoms with Crippen molar-refractivity contribution in [3.05, 3.63) is 0 Å². The van der Waals surface area contributed by atoms with Crippen molar-refractivity contribution in [1.82, 2.24) is 0 Å². The van der Waals surface area contributed by atoms with Crippen LogP contribution in [0.25, 0.3) is 0 Å². The molecule has 0 aromatic carbocycles. The summed E-state index contributed by atoms with van der Waals surface area (Å²) >= 11 is 0. The van der Waals surface area contributed by atoms with E-state index >= 15 is 0 Å². The number of fused-ring (bicyclic) bond motifs is 5. The summed E-state index contributed by atoms with van der Waals surface area (Å²) in [5.74, 6) is 0.514. The molecular weight excluding hydrogens is 396 g/mol. The smallest absolute Gasteiger partial charge is 0.305 e. The van der Waals surface area contributed by atoms with E-state index in [-0.39, 0.29) is 52.3 Å². The maximum absolute atomic E-state index is 11.7. The van der Waals surface area contributed by atoms with Crippen molar-refractivity contribution in [2.75, 3.05) is 7.11 Å². The molecule has 0 aromatic rings. The van der Waals surface area contributed by atoms with Crippen LogP contribution in [0.1, 0.15) is 72.1 Å². The lowest BCUT2D eigenvalue weighted by Gasteiger charge is -2.64. The molecule has 0 bridgehead atoms. The molecule has 4 fully saturated rings. The summed E-state index contributed by atoms with van der Waals surface area (Å²) in [6.07, 6.45) is 3.27. The van der Waals surface area contributed by atoms with E-state index in [9.17, 15) is 25.2 Å². The summed E-state index contributed by atoms with van der Waals surface area (Å²) in [6, 6.07) is 0. The number of aliphatic hydroxyl groups excluding tert-OH is 4. The Morgan fingerprint density at radius 3 is 2.39 bits per heavy atom. The van der Waals surface area contributed by atoms with Gasteiger partial charge in [0.1, 0.15) is 0 Å². The normalized spacial score (nSPS) is 52.6. The molecule has 0 spiro atoms. The molecule has 4 N–H and O–H groups in total. The average molecular weight is 439 g/mol. The Morgan fingerprint density at radius 1 is 1.00 bits per heavy atom. The van der Waals surface area contributed by atoms with Gasteiger partial charge in [0.25, 0.3) is 0 Å². The van der Waals surface area contributed by atoms with Crippen molar-refractivity contribution in [2.45, 2.75) is 96.6 Å². The molecule has 12 atom stereocenters. The van der Waals surface area contributed by atoms with Crippen LogP contribution in [0.15, 0.2) is 0 Å². The van der Waals surface area contributed by atoms with Crippen LogP contribution >= 0.6 is 0 Å². The third-order valence-corrected chi connectivity index (χ3v) is 10.6. The van der Waals surface area contributed by atoms with Gasteiger partial charge in [-0.15, -0.1) is 0 Å². The van der Waals surface area contributed by atoms with Crippen LogP contribution in [0.5, 0.6) is 0 Å². The molecule has 4 saturated carbocycles. The second-order valence-electron chi connectivity index (χ2n) is 11.7. The Balaban J connectivity index is 1.61. The highest BCUT2D eigenvalue weighted by Gasteiger charge is 2.67. The number of hydrogen-bond donors (Lipinski definition) is 4. The van der Waals surface area contributed by atoms with Gasteiger partial charge in [-0.05, 0) is 91.3 Å². The van der Waals surface area contributed by atoms with E-state index in [4.69, 9.17) is 4.74 Å². The van der Waals surface area contributed by atoms with Crippen LogP contribution in [0.2, 0.25) is 0 Å². The molecule has 0 amide bonds. The predicted octanol–water partition coefficient (Wildman–Crippen LogP) is 2.51. The summed E-state index contributed by atoms with van der Waals surface area (Å²) < 4.78 is 4.81. The number of hydrogen-bond acceptors (Lipinski definition) is 6. The molecule has 4 aliphatic rings. The topological polar surface area (TPSA) is 107 Å². The lowest BCUT2D eigenvalue weighted by molar-refractivity contribution is -0.243. The zero-order valence-corrected chi connectivity index (χ0v) is 19.5. The molecule has 0 aromatic heterocycles. The first-order valence-corrected chi connectivity index (χ1v) is 12.3. The van der Waals surface area contributed by atoms with Crippen LogP contribution in [-0.4, -0.2) is 57.9 Å². The maximum Gasteiger partial charge on any atom is 0.305 e. The largest absolute Gasteiger partial charge is 0.469 e. The van der Waals surface area contributed by atoms with E-state index in [1.807, 2.05) is 0 Å². The lowest BCUT2D eigenvalue weighted by Crippen LogP contribution is -2.66. The van der Waals surface area contributed by atoms with E-state index in [0.29, 0.717) is 19.3 Å². The van der Waals surface area contributed by atoms with Gasteiger partial charge >= 0.3 is 5.97 Å². The fourth-order valence-electron chi connectivity index (χ4n) is 8.82. The van der Waals surface area contributed by atoms with E-state index < -0.39 is 24.4 Å². The molecule has 6 heteroatoms. The molecule has 0 unspecified atom stereocenters. The average Bonchev–Trinajstić information content (AvgIpc) is 3.10. The van der Waals surface area contributed by atoms with Crippen molar-refractivity contribution < 1.29 is 30.0 Å². The standard InChI is InChI=1S/C25H42O6/c1-13(5-8-20(28)31-4)15-6-7-16-21-17(12-19(27)25(15,16)3)24(2)10-9-14(26)11-18(24)22(29)23(21)30/h13-19,21-23,26-27,29-30H,5-12H2,1-4H3/t13-,14+,15+,16-,17-,18+,19-,21-,22-,23+,24+,25+/m0/s1. The predicted molar refractivity (Wildman–Crippen MR) is 116 cm³/mol. The molecule has 4 aliphatic carbocycles. The van der Waals surface area contributed by atoms with Gasteiger partial charge in [-0.1, -0.05) is 20.8 Å². The van der Waals surface area contributed by atoms with Crippen molar-refractivity contribution in [1.29, 1.82) is 0 Å². The molecular formula is C25H42O6. The van der Waals surface area contributed by atoms with E-state index in [1.165, 1.54) is 7.11 Å². The molecule has 0 heterocycles. The number of carbonyl (C=O) groups excluding carboxylic acids is 1. The first-order chi connectivity index (χ1) is 14.6. The highest BCUT2D eigenvalue weighted by atomic mass is 16.5. The van der Waals surface area contributed by atoms with Crippen LogP contribution in [0, 0.1) is 46.3 Å². The van der Waals surface area contributed by atoms with Crippen LogP contribution in [-0.2, 0) is 9.53 Å². The first-order valence-electron chi connectivity index (χ1n) is 12.3. The Labute approximate surface area is 186 Å². The SMILES string of the molecule is COC(=O)CC[C@H](C)[C@H]1CC[C@H]2[C@@H]3[C@@H](O)[C@@H](O)[C@H]4C[C@H](O)CC[C@]4(C)[C@H]3C[C@H](O)[C@]12C. The fraction of sp³-hybridized carbons (Fsp3) is 0.960. The molecule has 0 saturated heterocycles. The quantitative estimate of drug-likeness (QED) is 0.503. The Morgan fingerprint density at radius 2 is 1.71 bits per heavy atom.